The van der Waals surface area contributed by atoms with Crippen LogP contribution in [0.25, 0.3) is 0 Å². The van der Waals surface area contributed by atoms with Gasteiger partial charge in [0.15, 0.2) is 0 Å². The normalized spacial score (nSPS) is 24.2. The van der Waals surface area contributed by atoms with Crippen molar-refractivity contribution in [3.8, 4) is 0 Å². The maximum Gasteiger partial charge on any atom is 0.348 e. The van der Waals surface area contributed by atoms with Crippen molar-refractivity contribution in [2.75, 3.05) is 6.61 Å². The Kier molecular flexibility index (Phi) is 4.54. The molecule has 1 aliphatic rings. The lowest BCUT2D eigenvalue weighted by Crippen LogP contribution is -2.36. The maximum absolute atomic E-state index is 11.8. The van der Waals surface area contributed by atoms with Crippen molar-refractivity contribution in [3.05, 3.63) is 0 Å². The summed E-state index contributed by atoms with van der Waals surface area (Å²) in [5.74, 6) is -0.874. The number of ether oxygens (including phenoxy) is 2. The molecular formula is C13H22O4. The Bertz CT molecular complexity index is 296. The summed E-state index contributed by atoms with van der Waals surface area (Å²) in [6.45, 7) is 7.97. The number of esters is 2. The summed E-state index contributed by atoms with van der Waals surface area (Å²) in [7, 11) is 0. The average Bonchev–Trinajstić information content (AvgIpc) is 2.52. The lowest BCUT2D eigenvalue weighted by atomic mass is 9.89. The lowest BCUT2D eigenvalue weighted by molar-refractivity contribution is -0.166. The van der Waals surface area contributed by atoms with Crippen LogP contribution in [0, 0.1) is 11.3 Å². The molecule has 0 saturated carbocycles. The van der Waals surface area contributed by atoms with Crippen LogP contribution < -0.4 is 0 Å². The smallest absolute Gasteiger partial charge is 0.348 e. The van der Waals surface area contributed by atoms with Crippen molar-refractivity contribution in [1.29, 1.82) is 0 Å². The predicted octanol–water partition coefficient (Wildman–Crippen LogP) is 2.31. The van der Waals surface area contributed by atoms with Crippen LogP contribution in [0.3, 0.4) is 0 Å². The second kappa shape index (κ2) is 5.52. The van der Waals surface area contributed by atoms with Crippen LogP contribution >= 0.6 is 0 Å². The summed E-state index contributed by atoms with van der Waals surface area (Å²) in [6, 6.07) is 0. The fourth-order valence-corrected chi connectivity index (χ4v) is 1.80. The third kappa shape index (κ3) is 3.45. The maximum atomic E-state index is 11.8. The standard InChI is InChI=1S/C13H22O4/c1-5-6-7-9(2)11(14)17-10-12(15)16-8-13(10,3)4/h9-10H,5-8H2,1-4H3/t9?,10-/m0/s1. The first-order chi connectivity index (χ1) is 7.88. The van der Waals surface area contributed by atoms with Crippen molar-refractivity contribution in [3.63, 3.8) is 0 Å². The molecule has 0 radical (unpaired) electrons. The summed E-state index contributed by atoms with van der Waals surface area (Å²) >= 11 is 0. The van der Waals surface area contributed by atoms with E-state index in [2.05, 4.69) is 6.92 Å². The molecule has 2 atom stereocenters. The van der Waals surface area contributed by atoms with Crippen LogP contribution in [0.5, 0.6) is 0 Å². The average molecular weight is 242 g/mol. The fourth-order valence-electron chi connectivity index (χ4n) is 1.80. The second-order valence-corrected chi connectivity index (χ2v) is 5.46. The van der Waals surface area contributed by atoms with E-state index >= 15 is 0 Å². The molecule has 1 fully saturated rings. The van der Waals surface area contributed by atoms with E-state index in [-0.39, 0.29) is 11.9 Å². The topological polar surface area (TPSA) is 52.6 Å². The van der Waals surface area contributed by atoms with Crippen molar-refractivity contribution >= 4 is 11.9 Å². The van der Waals surface area contributed by atoms with E-state index in [1.165, 1.54) is 0 Å². The van der Waals surface area contributed by atoms with Crippen LogP contribution in [0.4, 0.5) is 0 Å². The van der Waals surface area contributed by atoms with E-state index in [0.717, 1.165) is 19.3 Å². The predicted molar refractivity (Wildman–Crippen MR) is 63.3 cm³/mol. The first-order valence-corrected chi connectivity index (χ1v) is 6.25. The molecule has 17 heavy (non-hydrogen) atoms. The molecule has 0 aromatic rings. The number of cyclic esters (lactones) is 1. The van der Waals surface area contributed by atoms with E-state index in [1.807, 2.05) is 20.8 Å². The van der Waals surface area contributed by atoms with Gasteiger partial charge in [0.25, 0.3) is 0 Å². The zero-order valence-electron chi connectivity index (χ0n) is 11.1. The molecule has 0 aliphatic carbocycles. The van der Waals surface area contributed by atoms with Gasteiger partial charge in [0.05, 0.1) is 5.92 Å². The SMILES string of the molecule is CCCCC(C)C(=O)O[C@H]1C(=O)OCC1(C)C. The number of hydrogen-bond donors (Lipinski definition) is 0. The largest absolute Gasteiger partial charge is 0.462 e. The lowest BCUT2D eigenvalue weighted by Gasteiger charge is -2.23. The molecule has 0 aromatic heterocycles. The van der Waals surface area contributed by atoms with Crippen molar-refractivity contribution < 1.29 is 19.1 Å². The molecule has 0 N–H and O–H groups in total. The Morgan fingerprint density at radius 3 is 2.71 bits per heavy atom. The van der Waals surface area contributed by atoms with Gasteiger partial charge in [0, 0.05) is 5.41 Å². The number of unbranched alkanes of at least 4 members (excludes halogenated alkanes) is 1. The second-order valence-electron chi connectivity index (χ2n) is 5.46. The summed E-state index contributed by atoms with van der Waals surface area (Å²) in [5.41, 5.74) is -0.419. The van der Waals surface area contributed by atoms with Crippen molar-refractivity contribution in [2.45, 2.75) is 53.1 Å². The summed E-state index contributed by atoms with van der Waals surface area (Å²) in [6.07, 6.45) is 2.10. The summed E-state index contributed by atoms with van der Waals surface area (Å²) in [5, 5.41) is 0. The number of carbonyl (C=O) groups excluding carboxylic acids is 2. The fraction of sp³-hybridized carbons (Fsp3) is 0.846. The Morgan fingerprint density at radius 2 is 2.24 bits per heavy atom. The van der Waals surface area contributed by atoms with Crippen LogP contribution in [0.2, 0.25) is 0 Å². The monoisotopic (exact) mass is 242 g/mol. The molecular weight excluding hydrogens is 220 g/mol. The Morgan fingerprint density at radius 1 is 1.59 bits per heavy atom. The van der Waals surface area contributed by atoms with Gasteiger partial charge in [-0.2, -0.15) is 0 Å². The minimum atomic E-state index is -0.751. The molecule has 1 saturated heterocycles. The highest BCUT2D eigenvalue weighted by molar-refractivity contribution is 5.82. The van der Waals surface area contributed by atoms with Crippen LogP contribution in [0.15, 0.2) is 0 Å². The van der Waals surface area contributed by atoms with Crippen LogP contribution in [-0.4, -0.2) is 24.6 Å². The minimum Gasteiger partial charge on any atom is -0.462 e. The number of rotatable bonds is 5. The van der Waals surface area contributed by atoms with Gasteiger partial charge in [-0.05, 0) is 6.42 Å². The van der Waals surface area contributed by atoms with E-state index in [0.29, 0.717) is 6.61 Å². The molecule has 0 spiro atoms. The third-order valence-corrected chi connectivity index (χ3v) is 3.14. The minimum absolute atomic E-state index is 0.154. The molecule has 0 bridgehead atoms. The first-order valence-electron chi connectivity index (χ1n) is 6.25. The molecule has 1 unspecified atom stereocenters. The Balaban J connectivity index is 2.53. The Hall–Kier alpha value is -1.06. The highest BCUT2D eigenvalue weighted by Gasteiger charge is 2.46. The van der Waals surface area contributed by atoms with Crippen molar-refractivity contribution in [2.24, 2.45) is 11.3 Å². The van der Waals surface area contributed by atoms with Gasteiger partial charge < -0.3 is 9.47 Å². The van der Waals surface area contributed by atoms with E-state index in [1.54, 1.807) is 0 Å². The third-order valence-electron chi connectivity index (χ3n) is 3.14. The van der Waals surface area contributed by atoms with Gasteiger partial charge in [-0.3, -0.25) is 4.79 Å². The van der Waals surface area contributed by atoms with Gasteiger partial charge in [0.1, 0.15) is 6.61 Å². The number of hydrogen-bond acceptors (Lipinski definition) is 4. The molecule has 1 rings (SSSR count). The van der Waals surface area contributed by atoms with Crippen LogP contribution in [-0.2, 0) is 19.1 Å². The highest BCUT2D eigenvalue weighted by Crippen LogP contribution is 2.31. The zero-order chi connectivity index (χ0) is 13.1. The molecule has 0 aromatic carbocycles. The van der Waals surface area contributed by atoms with E-state index in [9.17, 15) is 9.59 Å². The summed E-state index contributed by atoms with van der Waals surface area (Å²) in [4.78, 5) is 23.3. The van der Waals surface area contributed by atoms with Crippen molar-refractivity contribution in [1.82, 2.24) is 0 Å². The zero-order valence-corrected chi connectivity index (χ0v) is 11.1. The van der Waals surface area contributed by atoms with E-state index in [4.69, 9.17) is 9.47 Å². The van der Waals surface area contributed by atoms with Gasteiger partial charge in [-0.25, -0.2) is 4.79 Å². The first kappa shape index (κ1) is 14.0. The molecule has 4 nitrogen and oxygen atoms in total. The molecule has 0 amide bonds. The van der Waals surface area contributed by atoms with E-state index < -0.39 is 17.5 Å². The van der Waals surface area contributed by atoms with Gasteiger partial charge in [-0.15, -0.1) is 0 Å². The Labute approximate surface area is 103 Å². The number of carbonyl (C=O) groups is 2. The van der Waals surface area contributed by atoms with Gasteiger partial charge in [0.2, 0.25) is 6.10 Å². The summed E-state index contributed by atoms with van der Waals surface area (Å²) < 4.78 is 10.2. The van der Waals surface area contributed by atoms with Gasteiger partial charge >= 0.3 is 11.9 Å². The highest BCUT2D eigenvalue weighted by atomic mass is 16.6. The van der Waals surface area contributed by atoms with Crippen LogP contribution in [0.1, 0.15) is 47.0 Å². The van der Waals surface area contributed by atoms with Gasteiger partial charge in [-0.1, -0.05) is 40.5 Å². The quantitative estimate of drug-likeness (QED) is 0.694. The molecule has 1 heterocycles. The molecule has 98 valence electrons. The molecule has 1 aliphatic heterocycles. The molecule has 4 heteroatoms.